The fourth-order valence-corrected chi connectivity index (χ4v) is 2.11. The Labute approximate surface area is 154 Å². The minimum absolute atomic E-state index is 0.0981. The van der Waals surface area contributed by atoms with E-state index in [4.69, 9.17) is 4.74 Å². The third kappa shape index (κ3) is 6.35. The van der Waals surface area contributed by atoms with Crippen LogP contribution in [0.15, 0.2) is 54.6 Å². The van der Waals surface area contributed by atoms with Crippen LogP contribution in [0.25, 0.3) is 6.08 Å². The van der Waals surface area contributed by atoms with E-state index >= 15 is 0 Å². The molecule has 0 aliphatic carbocycles. The normalized spacial score (nSPS) is 11.8. The molecule has 2 rings (SSSR count). The third-order valence-corrected chi connectivity index (χ3v) is 3.54. The second kappa shape index (κ2) is 9.23. The molecule has 2 aromatic rings. The molecule has 0 saturated carbocycles. The van der Waals surface area contributed by atoms with Crippen LogP contribution in [0, 0.1) is 15.9 Å². The summed E-state index contributed by atoms with van der Waals surface area (Å²) in [4.78, 5) is 33.9. The summed E-state index contributed by atoms with van der Waals surface area (Å²) in [5, 5.41) is 13.3. The van der Waals surface area contributed by atoms with Crippen molar-refractivity contribution in [2.75, 3.05) is 0 Å². The van der Waals surface area contributed by atoms with Crippen molar-refractivity contribution in [1.29, 1.82) is 0 Å². The topological polar surface area (TPSA) is 98.5 Å². The van der Waals surface area contributed by atoms with Crippen molar-refractivity contribution >= 4 is 23.6 Å². The molecule has 7 nitrogen and oxygen atoms in total. The van der Waals surface area contributed by atoms with Gasteiger partial charge >= 0.3 is 5.97 Å². The third-order valence-electron chi connectivity index (χ3n) is 3.54. The maximum atomic E-state index is 12.8. The van der Waals surface area contributed by atoms with Gasteiger partial charge in [-0.05, 0) is 36.3 Å². The van der Waals surface area contributed by atoms with E-state index in [0.717, 1.165) is 6.08 Å². The van der Waals surface area contributed by atoms with Gasteiger partial charge in [0.25, 0.3) is 11.6 Å². The zero-order valence-electron chi connectivity index (χ0n) is 14.4. The van der Waals surface area contributed by atoms with Gasteiger partial charge in [0.15, 0.2) is 6.10 Å². The molecule has 0 spiro atoms. The quantitative estimate of drug-likeness (QED) is 0.349. The zero-order valence-corrected chi connectivity index (χ0v) is 14.4. The van der Waals surface area contributed by atoms with Crippen molar-refractivity contribution in [1.82, 2.24) is 5.32 Å². The molecule has 0 heterocycles. The lowest BCUT2D eigenvalue weighted by Crippen LogP contribution is -2.35. The maximum Gasteiger partial charge on any atom is 0.331 e. The molecule has 1 N–H and O–H groups in total. The fourth-order valence-electron chi connectivity index (χ4n) is 2.11. The number of esters is 1. The van der Waals surface area contributed by atoms with E-state index in [1.807, 2.05) is 0 Å². The molecule has 0 radical (unpaired) electrons. The lowest BCUT2D eigenvalue weighted by Gasteiger charge is -2.12. The van der Waals surface area contributed by atoms with Crippen molar-refractivity contribution in [2.45, 2.75) is 19.6 Å². The first-order valence-corrected chi connectivity index (χ1v) is 8.00. The molecule has 0 bridgehead atoms. The van der Waals surface area contributed by atoms with Gasteiger partial charge in [-0.3, -0.25) is 14.9 Å². The minimum atomic E-state index is -1.03. The number of hydrogen-bond acceptors (Lipinski definition) is 5. The highest BCUT2D eigenvalue weighted by Gasteiger charge is 2.16. The number of rotatable bonds is 7. The molecular formula is C19H17FN2O5. The molecule has 1 amide bonds. The first kappa shape index (κ1) is 19.8. The summed E-state index contributed by atoms with van der Waals surface area (Å²) < 4.78 is 17.8. The summed E-state index contributed by atoms with van der Waals surface area (Å²) in [7, 11) is 0. The van der Waals surface area contributed by atoms with Crippen molar-refractivity contribution in [3.63, 3.8) is 0 Å². The van der Waals surface area contributed by atoms with E-state index in [0.29, 0.717) is 11.1 Å². The van der Waals surface area contributed by atoms with Crippen LogP contribution in [0.3, 0.4) is 0 Å². The van der Waals surface area contributed by atoms with Crippen LogP contribution in [-0.4, -0.2) is 22.9 Å². The number of nitrogens with one attached hydrogen (secondary N) is 1. The van der Waals surface area contributed by atoms with E-state index in [1.165, 1.54) is 55.5 Å². The summed E-state index contributed by atoms with van der Waals surface area (Å²) in [6, 6.07) is 11.4. The highest BCUT2D eigenvalue weighted by Crippen LogP contribution is 2.14. The van der Waals surface area contributed by atoms with E-state index in [1.54, 1.807) is 6.07 Å². The Bertz CT molecular complexity index is 865. The van der Waals surface area contributed by atoms with Crippen LogP contribution in [0.1, 0.15) is 18.1 Å². The molecule has 1 unspecified atom stereocenters. The smallest absolute Gasteiger partial charge is 0.331 e. The SMILES string of the molecule is CC(OC(=O)/C=C/c1cccc([N+](=O)[O-])c1)C(=O)NCc1ccc(F)cc1. The lowest BCUT2D eigenvalue weighted by atomic mass is 10.2. The van der Waals surface area contributed by atoms with Crippen molar-refractivity contribution in [3.8, 4) is 0 Å². The molecule has 0 fully saturated rings. The molecule has 2 aromatic carbocycles. The highest BCUT2D eigenvalue weighted by molar-refractivity contribution is 5.90. The average Bonchev–Trinajstić information content (AvgIpc) is 2.65. The number of carbonyl (C=O) groups excluding carboxylic acids is 2. The number of carbonyl (C=O) groups is 2. The predicted octanol–water partition coefficient (Wildman–Crippen LogP) is 3.00. The summed E-state index contributed by atoms with van der Waals surface area (Å²) in [5.74, 6) is -1.63. The number of hydrogen-bond donors (Lipinski definition) is 1. The summed E-state index contributed by atoms with van der Waals surface area (Å²) in [6.45, 7) is 1.59. The Balaban J connectivity index is 1.85. The maximum absolute atomic E-state index is 12.8. The van der Waals surface area contributed by atoms with E-state index in [2.05, 4.69) is 5.32 Å². The zero-order chi connectivity index (χ0) is 19.8. The van der Waals surface area contributed by atoms with Gasteiger partial charge in [-0.1, -0.05) is 24.3 Å². The first-order chi connectivity index (χ1) is 12.8. The Hall–Kier alpha value is -3.55. The number of nitro groups is 1. The molecule has 27 heavy (non-hydrogen) atoms. The van der Waals surface area contributed by atoms with Crippen molar-refractivity contribution in [2.24, 2.45) is 0 Å². The Morgan fingerprint density at radius 1 is 1.26 bits per heavy atom. The Morgan fingerprint density at radius 3 is 2.63 bits per heavy atom. The molecule has 1 atom stereocenters. The second-order valence-corrected chi connectivity index (χ2v) is 5.61. The van der Waals surface area contributed by atoms with Gasteiger partial charge in [0.2, 0.25) is 0 Å². The first-order valence-electron chi connectivity index (χ1n) is 8.00. The van der Waals surface area contributed by atoms with Crippen LogP contribution >= 0.6 is 0 Å². The number of halogens is 1. The lowest BCUT2D eigenvalue weighted by molar-refractivity contribution is -0.384. The van der Waals surface area contributed by atoms with E-state index < -0.39 is 22.9 Å². The van der Waals surface area contributed by atoms with Crippen LogP contribution in [0.2, 0.25) is 0 Å². The average molecular weight is 372 g/mol. The van der Waals surface area contributed by atoms with Gasteiger partial charge in [-0.15, -0.1) is 0 Å². The summed E-state index contributed by atoms with van der Waals surface area (Å²) >= 11 is 0. The van der Waals surface area contributed by atoms with Gasteiger partial charge in [0, 0.05) is 24.8 Å². The van der Waals surface area contributed by atoms with E-state index in [-0.39, 0.29) is 18.0 Å². The molecular weight excluding hydrogens is 355 g/mol. The molecule has 0 saturated heterocycles. The van der Waals surface area contributed by atoms with Crippen LogP contribution in [-0.2, 0) is 20.9 Å². The number of nitro benzene ring substituents is 1. The summed E-state index contributed by atoms with van der Waals surface area (Å²) in [6.07, 6.45) is 1.41. The predicted molar refractivity (Wildman–Crippen MR) is 95.9 cm³/mol. The van der Waals surface area contributed by atoms with Gasteiger partial charge in [0.05, 0.1) is 4.92 Å². The van der Waals surface area contributed by atoms with Crippen LogP contribution < -0.4 is 5.32 Å². The van der Waals surface area contributed by atoms with Gasteiger partial charge < -0.3 is 10.1 Å². The number of nitrogens with zero attached hydrogens (tertiary/aromatic N) is 1. The van der Waals surface area contributed by atoms with Crippen molar-refractivity contribution < 1.29 is 23.6 Å². The molecule has 8 heteroatoms. The number of amides is 1. The highest BCUT2D eigenvalue weighted by atomic mass is 19.1. The second-order valence-electron chi connectivity index (χ2n) is 5.61. The molecule has 140 valence electrons. The Kier molecular flexibility index (Phi) is 6.76. The minimum Gasteiger partial charge on any atom is -0.449 e. The van der Waals surface area contributed by atoms with Crippen molar-refractivity contribution in [3.05, 3.63) is 81.7 Å². The number of non-ortho nitro benzene ring substituents is 1. The van der Waals surface area contributed by atoms with Gasteiger partial charge in [-0.2, -0.15) is 0 Å². The Morgan fingerprint density at radius 2 is 1.96 bits per heavy atom. The molecule has 0 aromatic heterocycles. The fraction of sp³-hybridized carbons (Fsp3) is 0.158. The number of ether oxygens (including phenoxy) is 1. The van der Waals surface area contributed by atoms with Crippen LogP contribution in [0.5, 0.6) is 0 Å². The standard InChI is InChI=1S/C19H17FN2O5/c1-13(19(24)21-12-15-5-8-16(20)9-6-15)27-18(23)10-7-14-3-2-4-17(11-14)22(25)26/h2-11,13H,12H2,1H3,(H,21,24)/b10-7+. The van der Waals surface area contributed by atoms with Gasteiger partial charge in [0.1, 0.15) is 5.82 Å². The van der Waals surface area contributed by atoms with Gasteiger partial charge in [-0.25, -0.2) is 9.18 Å². The largest absolute Gasteiger partial charge is 0.449 e. The van der Waals surface area contributed by atoms with E-state index in [9.17, 15) is 24.1 Å². The molecule has 0 aliphatic heterocycles. The van der Waals surface area contributed by atoms with Crippen LogP contribution in [0.4, 0.5) is 10.1 Å². The number of benzene rings is 2. The monoisotopic (exact) mass is 372 g/mol. The molecule has 0 aliphatic rings. The summed E-state index contributed by atoms with van der Waals surface area (Å²) in [5.41, 5.74) is 1.06.